The van der Waals surface area contributed by atoms with Crippen LogP contribution in [0.4, 0.5) is 0 Å². The highest BCUT2D eigenvalue weighted by atomic mass is 35.5. The van der Waals surface area contributed by atoms with E-state index in [1.807, 2.05) is 24.3 Å². The van der Waals surface area contributed by atoms with Crippen LogP contribution in [0.3, 0.4) is 0 Å². The number of aromatic nitrogens is 1. The number of hydrogen-bond donors (Lipinski definition) is 1. The average Bonchev–Trinajstić information content (AvgIpc) is 2.74. The van der Waals surface area contributed by atoms with E-state index in [4.69, 9.17) is 22.3 Å². The Morgan fingerprint density at radius 3 is 3.06 bits per heavy atom. The molecular weight excluding hydrogens is 252 g/mol. The van der Waals surface area contributed by atoms with Gasteiger partial charge in [0.2, 0.25) is 0 Å². The van der Waals surface area contributed by atoms with Gasteiger partial charge in [-0.2, -0.15) is 0 Å². The number of aryl methyl sites for hydroxylation is 1. The summed E-state index contributed by atoms with van der Waals surface area (Å²) >= 11 is 7.71. The Morgan fingerprint density at radius 1 is 1.41 bits per heavy atom. The van der Waals surface area contributed by atoms with E-state index in [-0.39, 0.29) is 6.04 Å². The molecule has 88 valence electrons. The Balaban J connectivity index is 2.05. The molecule has 2 nitrogen and oxygen atoms in total. The zero-order valence-electron chi connectivity index (χ0n) is 9.32. The lowest BCUT2D eigenvalue weighted by atomic mass is 9.99. The fraction of sp³-hybridized carbons (Fsp3) is 0.308. The van der Waals surface area contributed by atoms with E-state index in [9.17, 15) is 0 Å². The largest absolute Gasteiger partial charge is 0.323 e. The predicted octanol–water partition coefficient (Wildman–Crippen LogP) is 3.80. The summed E-state index contributed by atoms with van der Waals surface area (Å²) < 4.78 is 0. The molecule has 0 bridgehead atoms. The van der Waals surface area contributed by atoms with Gasteiger partial charge in [-0.05, 0) is 31.4 Å². The third-order valence-corrected chi connectivity index (χ3v) is 4.58. The van der Waals surface area contributed by atoms with Crippen LogP contribution in [-0.4, -0.2) is 4.98 Å². The Hall–Kier alpha value is -0.900. The van der Waals surface area contributed by atoms with Crippen molar-refractivity contribution in [3.8, 4) is 10.6 Å². The SMILES string of the molecule is NC1CCCc2nc(-c3cccc(Cl)c3)sc21. The molecule has 1 aromatic heterocycles. The van der Waals surface area contributed by atoms with Gasteiger partial charge in [-0.15, -0.1) is 11.3 Å². The molecule has 1 aromatic carbocycles. The van der Waals surface area contributed by atoms with E-state index in [0.717, 1.165) is 34.9 Å². The molecule has 1 heterocycles. The number of hydrogen-bond acceptors (Lipinski definition) is 3. The van der Waals surface area contributed by atoms with Gasteiger partial charge >= 0.3 is 0 Å². The van der Waals surface area contributed by atoms with Crippen molar-refractivity contribution in [1.82, 2.24) is 4.98 Å². The predicted molar refractivity (Wildman–Crippen MR) is 72.4 cm³/mol. The van der Waals surface area contributed by atoms with Crippen molar-refractivity contribution in [3.05, 3.63) is 39.9 Å². The molecule has 1 aliphatic carbocycles. The van der Waals surface area contributed by atoms with Gasteiger partial charge in [0, 0.05) is 21.5 Å². The van der Waals surface area contributed by atoms with Gasteiger partial charge in [-0.3, -0.25) is 0 Å². The Bertz CT molecular complexity index is 550. The van der Waals surface area contributed by atoms with Crippen molar-refractivity contribution in [2.75, 3.05) is 0 Å². The van der Waals surface area contributed by atoms with Crippen molar-refractivity contribution in [2.45, 2.75) is 25.3 Å². The topological polar surface area (TPSA) is 38.9 Å². The monoisotopic (exact) mass is 264 g/mol. The molecule has 4 heteroatoms. The lowest BCUT2D eigenvalue weighted by molar-refractivity contribution is 0.573. The number of fused-ring (bicyclic) bond motifs is 1. The highest BCUT2D eigenvalue weighted by Gasteiger charge is 2.21. The Kier molecular flexibility index (Phi) is 2.90. The van der Waals surface area contributed by atoms with Crippen LogP contribution in [0.5, 0.6) is 0 Å². The van der Waals surface area contributed by atoms with Crippen molar-refractivity contribution in [1.29, 1.82) is 0 Å². The first-order chi connectivity index (χ1) is 8.24. The molecule has 1 atom stereocenters. The summed E-state index contributed by atoms with van der Waals surface area (Å²) in [5.74, 6) is 0. The van der Waals surface area contributed by atoms with Gasteiger partial charge in [-0.25, -0.2) is 4.98 Å². The number of thiazole rings is 1. The lowest BCUT2D eigenvalue weighted by Crippen LogP contribution is -2.15. The molecule has 3 rings (SSSR count). The first kappa shape index (κ1) is 11.2. The Labute approximate surface area is 109 Å². The van der Waals surface area contributed by atoms with Crippen molar-refractivity contribution < 1.29 is 0 Å². The first-order valence-electron chi connectivity index (χ1n) is 5.75. The van der Waals surface area contributed by atoms with E-state index >= 15 is 0 Å². The summed E-state index contributed by atoms with van der Waals surface area (Å²) in [5.41, 5.74) is 8.38. The van der Waals surface area contributed by atoms with Crippen molar-refractivity contribution in [3.63, 3.8) is 0 Å². The van der Waals surface area contributed by atoms with Crippen LogP contribution >= 0.6 is 22.9 Å². The maximum absolute atomic E-state index is 6.11. The minimum Gasteiger partial charge on any atom is -0.323 e. The summed E-state index contributed by atoms with van der Waals surface area (Å²) in [6, 6.07) is 8.01. The summed E-state index contributed by atoms with van der Waals surface area (Å²) in [5, 5.41) is 1.79. The van der Waals surface area contributed by atoms with Gasteiger partial charge in [0.25, 0.3) is 0 Å². The quantitative estimate of drug-likeness (QED) is 0.851. The molecule has 0 radical (unpaired) electrons. The fourth-order valence-electron chi connectivity index (χ4n) is 2.20. The second kappa shape index (κ2) is 4.41. The van der Waals surface area contributed by atoms with Gasteiger partial charge in [0.05, 0.1) is 5.69 Å². The van der Waals surface area contributed by atoms with Crippen LogP contribution in [-0.2, 0) is 6.42 Å². The van der Waals surface area contributed by atoms with Crippen LogP contribution < -0.4 is 5.73 Å². The van der Waals surface area contributed by atoms with E-state index in [2.05, 4.69) is 0 Å². The normalized spacial score (nSPS) is 19.1. The fourth-order valence-corrected chi connectivity index (χ4v) is 3.53. The van der Waals surface area contributed by atoms with Crippen molar-refractivity contribution in [2.24, 2.45) is 5.73 Å². The van der Waals surface area contributed by atoms with Gasteiger partial charge in [0.15, 0.2) is 0 Å². The van der Waals surface area contributed by atoms with Crippen LogP contribution in [0.2, 0.25) is 5.02 Å². The summed E-state index contributed by atoms with van der Waals surface area (Å²) in [7, 11) is 0. The second-order valence-corrected chi connectivity index (χ2v) is 5.81. The molecule has 1 unspecified atom stereocenters. The zero-order valence-corrected chi connectivity index (χ0v) is 10.9. The molecular formula is C13H13ClN2S. The van der Waals surface area contributed by atoms with Crippen LogP contribution in [0.25, 0.3) is 10.6 Å². The van der Waals surface area contributed by atoms with Crippen LogP contribution in [0.1, 0.15) is 29.5 Å². The minimum absolute atomic E-state index is 0.171. The summed E-state index contributed by atoms with van der Waals surface area (Å²) in [4.78, 5) is 5.95. The molecule has 17 heavy (non-hydrogen) atoms. The highest BCUT2D eigenvalue weighted by molar-refractivity contribution is 7.15. The van der Waals surface area contributed by atoms with Crippen LogP contribution in [0, 0.1) is 0 Å². The minimum atomic E-state index is 0.171. The average molecular weight is 265 g/mol. The number of rotatable bonds is 1. The maximum atomic E-state index is 6.11. The van der Waals surface area contributed by atoms with Gasteiger partial charge in [0.1, 0.15) is 5.01 Å². The standard InChI is InChI=1S/C13H13ClN2S/c14-9-4-1-3-8(7-9)13-16-11-6-2-5-10(15)12(11)17-13/h1,3-4,7,10H,2,5-6,15H2. The summed E-state index contributed by atoms with van der Waals surface area (Å²) in [6.07, 6.45) is 3.27. The third-order valence-electron chi connectivity index (χ3n) is 3.06. The molecule has 2 N–H and O–H groups in total. The molecule has 2 aromatic rings. The molecule has 1 aliphatic rings. The third kappa shape index (κ3) is 2.10. The zero-order chi connectivity index (χ0) is 11.8. The van der Waals surface area contributed by atoms with E-state index in [1.54, 1.807) is 11.3 Å². The number of benzene rings is 1. The van der Waals surface area contributed by atoms with Crippen LogP contribution in [0.15, 0.2) is 24.3 Å². The molecule has 0 spiro atoms. The molecule has 0 fully saturated rings. The molecule has 0 amide bonds. The number of halogens is 1. The Morgan fingerprint density at radius 2 is 2.29 bits per heavy atom. The highest BCUT2D eigenvalue weighted by Crippen LogP contribution is 2.37. The number of nitrogens with zero attached hydrogens (tertiary/aromatic N) is 1. The smallest absolute Gasteiger partial charge is 0.123 e. The molecule has 0 saturated heterocycles. The van der Waals surface area contributed by atoms with Gasteiger partial charge < -0.3 is 5.73 Å². The lowest BCUT2D eigenvalue weighted by Gasteiger charge is -2.15. The number of nitrogens with two attached hydrogens (primary N) is 1. The molecule has 0 aliphatic heterocycles. The first-order valence-corrected chi connectivity index (χ1v) is 6.94. The van der Waals surface area contributed by atoms with E-state index in [0.29, 0.717) is 0 Å². The molecule has 0 saturated carbocycles. The van der Waals surface area contributed by atoms with Crippen molar-refractivity contribution >= 4 is 22.9 Å². The van der Waals surface area contributed by atoms with E-state index in [1.165, 1.54) is 10.6 Å². The summed E-state index contributed by atoms with van der Waals surface area (Å²) in [6.45, 7) is 0. The maximum Gasteiger partial charge on any atom is 0.123 e. The second-order valence-electron chi connectivity index (χ2n) is 4.34. The van der Waals surface area contributed by atoms with E-state index < -0.39 is 0 Å². The van der Waals surface area contributed by atoms with Gasteiger partial charge in [-0.1, -0.05) is 23.7 Å².